The van der Waals surface area contributed by atoms with E-state index in [4.69, 9.17) is 4.74 Å². The lowest BCUT2D eigenvalue weighted by Crippen LogP contribution is -2.27. The molecule has 0 aromatic heterocycles. The van der Waals surface area contributed by atoms with E-state index >= 15 is 0 Å². The van der Waals surface area contributed by atoms with Crippen LogP contribution in [0.5, 0.6) is 5.75 Å². The van der Waals surface area contributed by atoms with Crippen molar-refractivity contribution in [3.05, 3.63) is 28.8 Å². The largest absolute Gasteiger partial charge is 0.550 e. The molecule has 0 unspecified atom stereocenters. The van der Waals surface area contributed by atoms with Gasteiger partial charge in [0.2, 0.25) is 0 Å². The number of carboxylic acids is 1. The zero-order valence-corrected chi connectivity index (χ0v) is 12.6. The fraction of sp³-hybridized carbons (Fsp3) is 0.588. The summed E-state index contributed by atoms with van der Waals surface area (Å²) in [6, 6.07) is 3.90. The van der Waals surface area contributed by atoms with Crippen molar-refractivity contribution in [1.82, 2.24) is 0 Å². The maximum atomic E-state index is 10.9. The number of aryl methyl sites for hydroxylation is 1. The summed E-state index contributed by atoms with van der Waals surface area (Å²) in [5.74, 6) is -0.120. The summed E-state index contributed by atoms with van der Waals surface area (Å²) in [6.07, 6.45) is 5.98. The molecule has 1 aliphatic rings. The standard InChI is InChI=1S/C17H24O3/c1-12-9-13(11-15(18)19)10-14(16(12)20-3)17(2)7-5-4-6-8-17/h9-10H,4-8,11H2,1-3H3,(H,18,19)/p-1. The van der Waals surface area contributed by atoms with Gasteiger partial charge >= 0.3 is 0 Å². The second-order valence-electron chi connectivity index (χ2n) is 6.16. The van der Waals surface area contributed by atoms with Crippen molar-refractivity contribution in [2.45, 2.75) is 57.8 Å². The Morgan fingerprint density at radius 2 is 1.95 bits per heavy atom. The molecule has 1 saturated carbocycles. The van der Waals surface area contributed by atoms with Crippen molar-refractivity contribution in [1.29, 1.82) is 0 Å². The topological polar surface area (TPSA) is 49.4 Å². The Morgan fingerprint density at radius 3 is 2.50 bits per heavy atom. The number of carbonyl (C=O) groups excluding carboxylic acids is 1. The van der Waals surface area contributed by atoms with E-state index in [1.165, 1.54) is 19.3 Å². The van der Waals surface area contributed by atoms with Gasteiger partial charge in [-0.25, -0.2) is 0 Å². The predicted molar refractivity (Wildman–Crippen MR) is 76.9 cm³/mol. The van der Waals surface area contributed by atoms with E-state index in [0.717, 1.165) is 35.3 Å². The summed E-state index contributed by atoms with van der Waals surface area (Å²) in [6.45, 7) is 4.25. The SMILES string of the molecule is COc1c(C)cc(CC(=O)[O-])cc1C1(C)CCCCC1. The van der Waals surface area contributed by atoms with Gasteiger partial charge in [0.05, 0.1) is 7.11 Å². The molecule has 0 heterocycles. The van der Waals surface area contributed by atoms with E-state index in [1.54, 1.807) is 7.11 Å². The molecule has 0 N–H and O–H groups in total. The van der Waals surface area contributed by atoms with Crippen LogP contribution in [0.2, 0.25) is 0 Å². The third-order valence-corrected chi connectivity index (χ3v) is 4.49. The maximum absolute atomic E-state index is 10.9. The van der Waals surface area contributed by atoms with Gasteiger partial charge in [0.1, 0.15) is 5.75 Å². The first kappa shape index (κ1) is 14.9. The van der Waals surface area contributed by atoms with Gasteiger partial charge in [0.25, 0.3) is 0 Å². The van der Waals surface area contributed by atoms with E-state index in [2.05, 4.69) is 6.92 Å². The van der Waals surface area contributed by atoms with Crippen LogP contribution in [0.4, 0.5) is 0 Å². The monoisotopic (exact) mass is 275 g/mol. The average Bonchev–Trinajstić information content (AvgIpc) is 2.38. The summed E-state index contributed by atoms with van der Waals surface area (Å²) in [5, 5.41) is 10.9. The minimum absolute atomic E-state index is 0.0338. The third kappa shape index (κ3) is 2.97. The van der Waals surface area contributed by atoms with E-state index in [-0.39, 0.29) is 11.8 Å². The Balaban J connectivity index is 2.47. The van der Waals surface area contributed by atoms with Crippen LogP contribution >= 0.6 is 0 Å². The highest BCUT2D eigenvalue weighted by Crippen LogP contribution is 2.44. The van der Waals surface area contributed by atoms with Crippen LogP contribution in [0.3, 0.4) is 0 Å². The Hall–Kier alpha value is -1.51. The van der Waals surface area contributed by atoms with Gasteiger partial charge in [-0.05, 0) is 36.3 Å². The van der Waals surface area contributed by atoms with Crippen molar-refractivity contribution >= 4 is 5.97 Å². The quantitative estimate of drug-likeness (QED) is 0.848. The lowest BCUT2D eigenvalue weighted by Gasteiger charge is -2.36. The first-order chi connectivity index (χ1) is 9.46. The molecule has 0 radical (unpaired) electrons. The van der Waals surface area contributed by atoms with Crippen molar-refractivity contribution in [3.8, 4) is 5.75 Å². The van der Waals surface area contributed by atoms with Crippen molar-refractivity contribution in [3.63, 3.8) is 0 Å². The number of hydrogen-bond donors (Lipinski definition) is 0. The van der Waals surface area contributed by atoms with Crippen molar-refractivity contribution in [2.75, 3.05) is 7.11 Å². The number of methoxy groups -OCH3 is 1. The fourth-order valence-corrected chi connectivity index (χ4v) is 3.44. The lowest BCUT2D eigenvalue weighted by atomic mass is 9.70. The Kier molecular flexibility index (Phi) is 4.36. The van der Waals surface area contributed by atoms with E-state index in [1.807, 2.05) is 19.1 Å². The fourth-order valence-electron chi connectivity index (χ4n) is 3.44. The zero-order chi connectivity index (χ0) is 14.8. The third-order valence-electron chi connectivity index (χ3n) is 4.49. The molecule has 0 atom stereocenters. The van der Waals surface area contributed by atoms with Gasteiger partial charge in [-0.2, -0.15) is 0 Å². The number of hydrogen-bond acceptors (Lipinski definition) is 3. The highest BCUT2D eigenvalue weighted by Gasteiger charge is 2.32. The molecular weight excluding hydrogens is 252 g/mol. The molecule has 1 aromatic carbocycles. The minimum atomic E-state index is -1.03. The molecule has 0 spiro atoms. The number of carbonyl (C=O) groups is 1. The smallest absolute Gasteiger partial charge is 0.125 e. The van der Waals surface area contributed by atoms with Crippen molar-refractivity contribution < 1.29 is 14.6 Å². The predicted octanol–water partition coefficient (Wildman–Crippen LogP) is 2.52. The molecule has 1 aliphatic carbocycles. The summed E-state index contributed by atoms with van der Waals surface area (Å²) in [5.41, 5.74) is 3.07. The van der Waals surface area contributed by atoms with Gasteiger partial charge in [-0.1, -0.05) is 38.3 Å². The van der Waals surface area contributed by atoms with Gasteiger partial charge in [-0.15, -0.1) is 0 Å². The van der Waals surface area contributed by atoms with Crippen molar-refractivity contribution in [2.24, 2.45) is 0 Å². The zero-order valence-electron chi connectivity index (χ0n) is 12.6. The number of rotatable bonds is 4. The molecular formula is C17H23O3-. The molecule has 3 heteroatoms. The first-order valence-electron chi connectivity index (χ1n) is 7.34. The normalized spacial score (nSPS) is 17.8. The maximum Gasteiger partial charge on any atom is 0.125 e. The van der Waals surface area contributed by atoms with Crippen LogP contribution in [-0.2, 0) is 16.6 Å². The number of ether oxygens (including phenoxy) is 1. The van der Waals surface area contributed by atoms with E-state index in [0.29, 0.717) is 0 Å². The molecule has 20 heavy (non-hydrogen) atoms. The molecule has 0 amide bonds. The van der Waals surface area contributed by atoms with Gasteiger partial charge in [0, 0.05) is 18.0 Å². The summed E-state index contributed by atoms with van der Waals surface area (Å²) >= 11 is 0. The second kappa shape index (κ2) is 5.86. The highest BCUT2D eigenvalue weighted by molar-refractivity contribution is 5.68. The van der Waals surface area contributed by atoms with E-state index < -0.39 is 5.97 Å². The lowest BCUT2D eigenvalue weighted by molar-refractivity contribution is -0.304. The van der Waals surface area contributed by atoms with Crippen LogP contribution in [0.1, 0.15) is 55.7 Å². The van der Waals surface area contributed by atoms with Crippen LogP contribution in [-0.4, -0.2) is 13.1 Å². The van der Waals surface area contributed by atoms with Crippen LogP contribution in [0.15, 0.2) is 12.1 Å². The number of carboxylic acid groups (broad SMARTS) is 1. The molecule has 1 aromatic rings. The molecule has 0 aliphatic heterocycles. The molecule has 0 bridgehead atoms. The van der Waals surface area contributed by atoms with Crippen LogP contribution in [0, 0.1) is 6.92 Å². The minimum Gasteiger partial charge on any atom is -0.550 e. The Bertz CT molecular complexity index is 499. The van der Waals surface area contributed by atoms with Gasteiger partial charge in [-0.3, -0.25) is 0 Å². The Morgan fingerprint density at radius 1 is 1.30 bits per heavy atom. The molecule has 1 fully saturated rings. The summed E-state index contributed by atoms with van der Waals surface area (Å²) in [4.78, 5) is 10.9. The molecule has 110 valence electrons. The second-order valence-corrected chi connectivity index (χ2v) is 6.16. The number of benzene rings is 1. The van der Waals surface area contributed by atoms with Gasteiger partial charge in [0.15, 0.2) is 0 Å². The summed E-state index contributed by atoms with van der Waals surface area (Å²) < 4.78 is 5.59. The van der Waals surface area contributed by atoms with Crippen LogP contribution in [0.25, 0.3) is 0 Å². The highest BCUT2D eigenvalue weighted by atomic mass is 16.5. The van der Waals surface area contributed by atoms with Crippen LogP contribution < -0.4 is 9.84 Å². The molecule has 2 rings (SSSR count). The average molecular weight is 275 g/mol. The Labute approximate surface area is 121 Å². The summed E-state index contributed by atoms with van der Waals surface area (Å²) in [7, 11) is 1.69. The molecule has 3 nitrogen and oxygen atoms in total. The first-order valence-corrected chi connectivity index (χ1v) is 7.34. The van der Waals surface area contributed by atoms with E-state index in [9.17, 15) is 9.90 Å². The molecule has 0 saturated heterocycles. The van der Waals surface area contributed by atoms with Gasteiger partial charge < -0.3 is 14.6 Å². The number of aliphatic carboxylic acids is 1.